The Bertz CT molecular complexity index is 844. The number of nitrogens with zero attached hydrogens (tertiary/aromatic N) is 5. The standard InChI is InChI=1S/C18H19N5O2/c1-13-7-8-22(16(10-13)17-6-3-9-25-17)18(24)14-4-2-5-15(11-14)23-12-19-20-21-23/h2-6,9,11-13,16H,7-8,10H2,1H3/t13-,16-/m0/s1. The molecule has 25 heavy (non-hydrogen) atoms. The lowest BCUT2D eigenvalue weighted by Gasteiger charge is -2.37. The number of carbonyl (C=O) groups is 1. The molecule has 128 valence electrons. The van der Waals surface area contributed by atoms with Crippen molar-refractivity contribution < 1.29 is 9.21 Å². The molecule has 7 nitrogen and oxygen atoms in total. The second kappa shape index (κ2) is 6.51. The van der Waals surface area contributed by atoms with Crippen LogP contribution in [-0.4, -0.2) is 37.6 Å². The number of hydrogen-bond acceptors (Lipinski definition) is 5. The Morgan fingerprint density at radius 2 is 2.20 bits per heavy atom. The molecular weight excluding hydrogens is 318 g/mol. The van der Waals surface area contributed by atoms with Crippen molar-refractivity contribution in [1.82, 2.24) is 25.1 Å². The Morgan fingerprint density at radius 3 is 2.96 bits per heavy atom. The fraction of sp³-hybridized carbons (Fsp3) is 0.333. The fourth-order valence-corrected chi connectivity index (χ4v) is 3.36. The first-order valence-electron chi connectivity index (χ1n) is 8.40. The summed E-state index contributed by atoms with van der Waals surface area (Å²) in [6.07, 6.45) is 5.08. The molecule has 0 saturated carbocycles. The first-order chi connectivity index (χ1) is 12.2. The molecule has 4 rings (SSSR count). The van der Waals surface area contributed by atoms with Gasteiger partial charge in [0.25, 0.3) is 5.91 Å². The first kappa shape index (κ1) is 15.6. The first-order valence-corrected chi connectivity index (χ1v) is 8.40. The molecule has 0 aliphatic carbocycles. The molecule has 2 aromatic heterocycles. The molecule has 0 bridgehead atoms. The Labute approximate surface area is 145 Å². The highest BCUT2D eigenvalue weighted by molar-refractivity contribution is 5.95. The molecule has 0 spiro atoms. The number of likely N-dealkylation sites (tertiary alicyclic amines) is 1. The summed E-state index contributed by atoms with van der Waals surface area (Å²) in [6, 6.07) is 11.1. The van der Waals surface area contributed by atoms with E-state index in [4.69, 9.17) is 4.42 Å². The van der Waals surface area contributed by atoms with Gasteiger partial charge in [-0.05, 0) is 59.5 Å². The van der Waals surface area contributed by atoms with Gasteiger partial charge >= 0.3 is 0 Å². The van der Waals surface area contributed by atoms with Crippen LogP contribution in [-0.2, 0) is 0 Å². The largest absolute Gasteiger partial charge is 0.467 e. The molecule has 2 atom stereocenters. The Kier molecular flexibility index (Phi) is 4.05. The summed E-state index contributed by atoms with van der Waals surface area (Å²) in [5.74, 6) is 1.41. The minimum absolute atomic E-state index is 0.00299. The molecule has 1 aliphatic rings. The van der Waals surface area contributed by atoms with Crippen LogP contribution in [0.3, 0.4) is 0 Å². The highest BCUT2D eigenvalue weighted by atomic mass is 16.3. The molecule has 0 N–H and O–H groups in total. The van der Waals surface area contributed by atoms with E-state index in [1.54, 1.807) is 10.9 Å². The van der Waals surface area contributed by atoms with Gasteiger partial charge in [-0.3, -0.25) is 4.79 Å². The summed E-state index contributed by atoms with van der Waals surface area (Å²) in [5, 5.41) is 11.2. The Morgan fingerprint density at radius 1 is 1.28 bits per heavy atom. The second-order valence-corrected chi connectivity index (χ2v) is 6.46. The maximum absolute atomic E-state index is 13.2. The molecule has 1 aromatic carbocycles. The van der Waals surface area contributed by atoms with Crippen molar-refractivity contribution in [3.63, 3.8) is 0 Å². The van der Waals surface area contributed by atoms with Crippen LogP contribution in [0.15, 0.2) is 53.4 Å². The topological polar surface area (TPSA) is 77.1 Å². The molecule has 1 saturated heterocycles. The van der Waals surface area contributed by atoms with Crippen molar-refractivity contribution in [1.29, 1.82) is 0 Å². The number of piperidine rings is 1. The zero-order valence-corrected chi connectivity index (χ0v) is 13.9. The minimum Gasteiger partial charge on any atom is -0.467 e. The van der Waals surface area contributed by atoms with Crippen LogP contribution in [0.25, 0.3) is 5.69 Å². The number of hydrogen-bond donors (Lipinski definition) is 0. The highest BCUT2D eigenvalue weighted by Crippen LogP contribution is 2.35. The molecule has 3 heterocycles. The minimum atomic E-state index is -0.0251. The lowest BCUT2D eigenvalue weighted by Crippen LogP contribution is -2.40. The van der Waals surface area contributed by atoms with E-state index in [-0.39, 0.29) is 11.9 Å². The summed E-state index contributed by atoms with van der Waals surface area (Å²) >= 11 is 0. The molecule has 0 unspecified atom stereocenters. The smallest absolute Gasteiger partial charge is 0.254 e. The molecule has 1 aliphatic heterocycles. The number of benzene rings is 1. The van der Waals surface area contributed by atoms with Gasteiger partial charge in [-0.15, -0.1) is 5.10 Å². The van der Waals surface area contributed by atoms with Crippen molar-refractivity contribution in [2.75, 3.05) is 6.54 Å². The summed E-state index contributed by atoms with van der Waals surface area (Å²) < 4.78 is 7.14. The van der Waals surface area contributed by atoms with E-state index in [2.05, 4.69) is 22.4 Å². The van der Waals surface area contributed by atoms with Crippen molar-refractivity contribution in [3.05, 3.63) is 60.3 Å². The number of carbonyl (C=O) groups excluding carboxylic acids is 1. The SMILES string of the molecule is C[C@H]1CCN(C(=O)c2cccc(-n3cnnn3)c2)[C@H](c2ccco2)C1. The van der Waals surface area contributed by atoms with Gasteiger partial charge in [0.1, 0.15) is 12.1 Å². The van der Waals surface area contributed by atoms with Crippen LogP contribution < -0.4 is 0 Å². The lowest BCUT2D eigenvalue weighted by molar-refractivity contribution is 0.0521. The van der Waals surface area contributed by atoms with E-state index < -0.39 is 0 Å². The molecule has 1 fully saturated rings. The average Bonchev–Trinajstić information content (AvgIpc) is 3.35. The number of amides is 1. The van der Waals surface area contributed by atoms with E-state index in [1.165, 1.54) is 6.33 Å². The molecule has 1 amide bonds. The van der Waals surface area contributed by atoms with Gasteiger partial charge in [-0.1, -0.05) is 13.0 Å². The summed E-state index contributed by atoms with van der Waals surface area (Å²) in [5.41, 5.74) is 1.38. The van der Waals surface area contributed by atoms with Crippen LogP contribution in [0.5, 0.6) is 0 Å². The summed E-state index contributed by atoms with van der Waals surface area (Å²) in [7, 11) is 0. The predicted molar refractivity (Wildman–Crippen MR) is 90.0 cm³/mol. The third-order valence-corrected chi connectivity index (χ3v) is 4.70. The van der Waals surface area contributed by atoms with Crippen molar-refractivity contribution in [3.8, 4) is 5.69 Å². The van der Waals surface area contributed by atoms with E-state index >= 15 is 0 Å². The zero-order valence-electron chi connectivity index (χ0n) is 13.9. The monoisotopic (exact) mass is 337 g/mol. The van der Waals surface area contributed by atoms with Crippen LogP contribution in [0, 0.1) is 5.92 Å². The number of tetrazole rings is 1. The average molecular weight is 337 g/mol. The third-order valence-electron chi connectivity index (χ3n) is 4.70. The zero-order chi connectivity index (χ0) is 17.2. The van der Waals surface area contributed by atoms with Gasteiger partial charge in [0.15, 0.2) is 0 Å². The van der Waals surface area contributed by atoms with E-state index in [0.29, 0.717) is 11.5 Å². The molecule has 7 heteroatoms. The van der Waals surface area contributed by atoms with Crippen LogP contribution in [0.2, 0.25) is 0 Å². The van der Waals surface area contributed by atoms with Crippen molar-refractivity contribution >= 4 is 5.91 Å². The Hall–Kier alpha value is -2.96. The van der Waals surface area contributed by atoms with Gasteiger partial charge in [0.05, 0.1) is 18.0 Å². The second-order valence-electron chi connectivity index (χ2n) is 6.46. The van der Waals surface area contributed by atoms with E-state index in [9.17, 15) is 4.79 Å². The fourth-order valence-electron chi connectivity index (χ4n) is 3.36. The molecule has 0 radical (unpaired) electrons. The maximum atomic E-state index is 13.2. The van der Waals surface area contributed by atoms with Crippen LogP contribution in [0.1, 0.15) is 41.9 Å². The van der Waals surface area contributed by atoms with Gasteiger partial charge in [-0.2, -0.15) is 0 Å². The number of aromatic nitrogens is 4. The van der Waals surface area contributed by atoms with Gasteiger partial charge in [-0.25, -0.2) is 4.68 Å². The molecular formula is C18H19N5O2. The quantitative estimate of drug-likeness (QED) is 0.734. The van der Waals surface area contributed by atoms with Gasteiger partial charge in [0, 0.05) is 12.1 Å². The van der Waals surface area contributed by atoms with Crippen LogP contribution >= 0.6 is 0 Å². The van der Waals surface area contributed by atoms with Crippen molar-refractivity contribution in [2.45, 2.75) is 25.8 Å². The molecule has 3 aromatic rings. The normalized spacial score (nSPS) is 20.6. The van der Waals surface area contributed by atoms with Gasteiger partial charge < -0.3 is 9.32 Å². The van der Waals surface area contributed by atoms with Crippen LogP contribution in [0.4, 0.5) is 0 Å². The maximum Gasteiger partial charge on any atom is 0.254 e. The van der Waals surface area contributed by atoms with Crippen molar-refractivity contribution in [2.24, 2.45) is 5.92 Å². The van der Waals surface area contributed by atoms with E-state index in [0.717, 1.165) is 30.8 Å². The number of furan rings is 1. The number of rotatable bonds is 3. The van der Waals surface area contributed by atoms with E-state index in [1.807, 2.05) is 41.3 Å². The van der Waals surface area contributed by atoms with Gasteiger partial charge in [0.2, 0.25) is 0 Å². The predicted octanol–water partition coefficient (Wildman–Crippen LogP) is 2.87. The Balaban J connectivity index is 1.64. The third kappa shape index (κ3) is 3.05. The highest BCUT2D eigenvalue weighted by Gasteiger charge is 2.33. The summed E-state index contributed by atoms with van der Waals surface area (Å²) in [4.78, 5) is 15.1. The summed E-state index contributed by atoms with van der Waals surface area (Å²) in [6.45, 7) is 2.94. The lowest BCUT2D eigenvalue weighted by atomic mass is 9.90.